The van der Waals surface area contributed by atoms with E-state index in [1.165, 1.54) is 44.9 Å². The highest BCUT2D eigenvalue weighted by molar-refractivity contribution is 5.10. The molecular weight excluding hydrogens is 158 g/mol. The predicted octanol–water partition coefficient (Wildman–Crippen LogP) is 2.71. The van der Waals surface area contributed by atoms with E-state index in [-0.39, 0.29) is 0 Å². The Kier molecular flexibility index (Phi) is 1.74. The molecule has 4 atom stereocenters. The molecule has 1 saturated heterocycles. The first-order valence-electron chi connectivity index (χ1n) is 6.09. The Balaban J connectivity index is 1.94. The van der Waals surface area contributed by atoms with Gasteiger partial charge in [-0.1, -0.05) is 19.3 Å². The van der Waals surface area contributed by atoms with Gasteiger partial charge in [0.15, 0.2) is 0 Å². The van der Waals surface area contributed by atoms with E-state index in [1.807, 2.05) is 0 Å². The molecule has 74 valence electrons. The zero-order valence-electron chi connectivity index (χ0n) is 8.68. The van der Waals surface area contributed by atoms with Gasteiger partial charge >= 0.3 is 0 Å². The zero-order valence-corrected chi connectivity index (χ0v) is 8.68. The van der Waals surface area contributed by atoms with E-state index in [4.69, 9.17) is 0 Å². The van der Waals surface area contributed by atoms with Gasteiger partial charge in [-0.3, -0.25) is 0 Å². The molecule has 3 aliphatic rings. The minimum atomic E-state index is 0.762. The highest BCUT2D eigenvalue weighted by Gasteiger charge is 2.55. The van der Waals surface area contributed by atoms with Crippen molar-refractivity contribution in [2.24, 2.45) is 11.3 Å². The van der Waals surface area contributed by atoms with Crippen LogP contribution in [0.25, 0.3) is 0 Å². The summed E-state index contributed by atoms with van der Waals surface area (Å²) in [6, 6.07) is 1.71. The van der Waals surface area contributed by atoms with Gasteiger partial charge in [-0.15, -0.1) is 0 Å². The highest BCUT2D eigenvalue weighted by Crippen LogP contribution is 2.57. The summed E-state index contributed by atoms with van der Waals surface area (Å²) < 4.78 is 0. The first-order valence-corrected chi connectivity index (χ1v) is 6.09. The van der Waals surface area contributed by atoms with Crippen LogP contribution in [0.4, 0.5) is 0 Å². The lowest BCUT2D eigenvalue weighted by molar-refractivity contribution is 0.122. The number of hydrogen-bond acceptors (Lipinski definition) is 1. The van der Waals surface area contributed by atoms with Gasteiger partial charge in [0.25, 0.3) is 0 Å². The fraction of sp³-hybridized carbons (Fsp3) is 1.00. The molecule has 1 N–H and O–H groups in total. The van der Waals surface area contributed by atoms with Crippen molar-refractivity contribution >= 4 is 0 Å². The van der Waals surface area contributed by atoms with Crippen molar-refractivity contribution in [2.75, 3.05) is 0 Å². The van der Waals surface area contributed by atoms with E-state index in [0.29, 0.717) is 0 Å². The summed E-state index contributed by atoms with van der Waals surface area (Å²) >= 11 is 0. The van der Waals surface area contributed by atoms with Gasteiger partial charge in [-0.2, -0.15) is 0 Å². The molecule has 2 aliphatic carbocycles. The smallest absolute Gasteiger partial charge is 0.0129 e. The monoisotopic (exact) mass is 179 g/mol. The molecule has 3 fully saturated rings. The Morgan fingerprint density at radius 2 is 1.92 bits per heavy atom. The molecule has 4 unspecified atom stereocenters. The molecule has 2 saturated carbocycles. The Morgan fingerprint density at radius 1 is 1.08 bits per heavy atom. The Labute approximate surface area is 81.3 Å². The summed E-state index contributed by atoms with van der Waals surface area (Å²) in [7, 11) is 0. The third-order valence-electron chi connectivity index (χ3n) is 5.04. The van der Waals surface area contributed by atoms with Crippen molar-refractivity contribution in [3.8, 4) is 0 Å². The van der Waals surface area contributed by atoms with Gasteiger partial charge in [-0.25, -0.2) is 0 Å². The molecule has 1 spiro atoms. The van der Waals surface area contributed by atoms with Crippen molar-refractivity contribution < 1.29 is 0 Å². The lowest BCUT2D eigenvalue weighted by Gasteiger charge is -2.40. The third-order valence-corrected chi connectivity index (χ3v) is 5.04. The quantitative estimate of drug-likeness (QED) is 0.603. The predicted molar refractivity (Wildman–Crippen MR) is 54.6 cm³/mol. The highest BCUT2D eigenvalue weighted by atomic mass is 15.0. The van der Waals surface area contributed by atoms with Crippen LogP contribution >= 0.6 is 0 Å². The van der Waals surface area contributed by atoms with Crippen molar-refractivity contribution in [1.82, 2.24) is 5.32 Å². The minimum absolute atomic E-state index is 0.762. The van der Waals surface area contributed by atoms with Gasteiger partial charge in [0, 0.05) is 12.1 Å². The van der Waals surface area contributed by atoms with Crippen LogP contribution in [0.3, 0.4) is 0 Å². The zero-order chi connectivity index (χ0) is 8.89. The van der Waals surface area contributed by atoms with Crippen molar-refractivity contribution in [3.05, 3.63) is 0 Å². The summed E-state index contributed by atoms with van der Waals surface area (Å²) in [4.78, 5) is 0. The maximum atomic E-state index is 3.85. The maximum Gasteiger partial charge on any atom is 0.0129 e. The van der Waals surface area contributed by atoms with Crippen LogP contribution in [-0.4, -0.2) is 12.1 Å². The van der Waals surface area contributed by atoms with Gasteiger partial charge in [0.1, 0.15) is 0 Å². The summed E-state index contributed by atoms with van der Waals surface area (Å²) in [5, 5.41) is 3.85. The fourth-order valence-corrected chi connectivity index (χ4v) is 4.56. The molecule has 3 rings (SSSR count). The first-order chi connectivity index (χ1) is 6.33. The molecular formula is C12H21N. The summed E-state index contributed by atoms with van der Waals surface area (Å²) in [5.41, 5.74) is 0.762. The molecule has 1 nitrogen and oxygen atoms in total. The normalized spacial score (nSPS) is 54.7. The van der Waals surface area contributed by atoms with E-state index in [2.05, 4.69) is 12.2 Å². The van der Waals surface area contributed by atoms with Gasteiger partial charge in [0.2, 0.25) is 0 Å². The van der Waals surface area contributed by atoms with E-state index < -0.39 is 0 Å². The third kappa shape index (κ3) is 0.971. The molecule has 0 bridgehead atoms. The molecule has 0 aromatic heterocycles. The molecule has 1 heteroatoms. The van der Waals surface area contributed by atoms with Crippen LogP contribution in [-0.2, 0) is 0 Å². The van der Waals surface area contributed by atoms with Crippen LogP contribution in [0.1, 0.15) is 51.9 Å². The van der Waals surface area contributed by atoms with Crippen LogP contribution < -0.4 is 5.32 Å². The Bertz CT molecular complexity index is 213. The van der Waals surface area contributed by atoms with Gasteiger partial charge in [-0.05, 0) is 43.9 Å². The molecule has 0 radical (unpaired) electrons. The number of nitrogens with one attached hydrogen (secondary N) is 1. The summed E-state index contributed by atoms with van der Waals surface area (Å²) in [6.45, 7) is 2.41. The topological polar surface area (TPSA) is 12.0 Å². The van der Waals surface area contributed by atoms with Crippen molar-refractivity contribution in [1.29, 1.82) is 0 Å². The number of rotatable bonds is 0. The van der Waals surface area contributed by atoms with Crippen LogP contribution in [0.15, 0.2) is 0 Å². The largest absolute Gasteiger partial charge is 0.311 e. The maximum absolute atomic E-state index is 3.85. The summed E-state index contributed by atoms with van der Waals surface area (Å²) in [5.74, 6) is 1.02. The molecule has 13 heavy (non-hydrogen) atoms. The Hall–Kier alpha value is -0.0400. The second kappa shape index (κ2) is 2.73. The molecule has 1 heterocycles. The van der Waals surface area contributed by atoms with Crippen LogP contribution in [0.2, 0.25) is 0 Å². The molecule has 0 aromatic rings. The average Bonchev–Trinajstić information content (AvgIpc) is 2.60. The Morgan fingerprint density at radius 3 is 2.85 bits per heavy atom. The molecule has 0 aromatic carbocycles. The first kappa shape index (κ1) is 8.28. The second-order valence-corrected chi connectivity index (χ2v) is 5.49. The minimum Gasteiger partial charge on any atom is -0.311 e. The summed E-state index contributed by atoms with van der Waals surface area (Å²) in [6.07, 6.45) is 10.5. The lowest BCUT2D eigenvalue weighted by Crippen LogP contribution is -2.36. The molecule has 1 aliphatic heterocycles. The van der Waals surface area contributed by atoms with E-state index in [1.54, 1.807) is 0 Å². The van der Waals surface area contributed by atoms with Gasteiger partial charge in [0.05, 0.1) is 0 Å². The van der Waals surface area contributed by atoms with E-state index in [0.717, 1.165) is 23.4 Å². The molecule has 0 amide bonds. The van der Waals surface area contributed by atoms with E-state index in [9.17, 15) is 0 Å². The van der Waals surface area contributed by atoms with Crippen LogP contribution in [0.5, 0.6) is 0 Å². The van der Waals surface area contributed by atoms with Crippen molar-refractivity contribution in [3.63, 3.8) is 0 Å². The SMILES string of the molecule is CC1NC2CCCC23CCCCC13. The van der Waals surface area contributed by atoms with Crippen LogP contribution in [0, 0.1) is 11.3 Å². The lowest BCUT2D eigenvalue weighted by atomic mass is 9.64. The average molecular weight is 179 g/mol. The second-order valence-electron chi connectivity index (χ2n) is 5.49. The fourth-order valence-electron chi connectivity index (χ4n) is 4.56. The van der Waals surface area contributed by atoms with Crippen molar-refractivity contribution in [2.45, 2.75) is 64.0 Å². The number of hydrogen-bond donors (Lipinski definition) is 1. The van der Waals surface area contributed by atoms with Gasteiger partial charge < -0.3 is 5.32 Å². The standard InChI is InChI=1S/C12H21N/c1-9-10-5-2-3-7-12(10)8-4-6-11(12)13-9/h9-11,13H,2-8H2,1H3. The van der Waals surface area contributed by atoms with E-state index >= 15 is 0 Å².